The molecule has 42 heavy (non-hydrogen) atoms. The Bertz CT molecular complexity index is 2250. The quantitative estimate of drug-likeness (QED) is 0.225. The number of fused-ring (bicyclic) bond motifs is 5. The summed E-state index contributed by atoms with van der Waals surface area (Å²) in [5, 5.41) is 3.60. The van der Waals surface area contributed by atoms with Crippen molar-refractivity contribution in [1.29, 1.82) is 0 Å². The maximum atomic E-state index is 5.14. The number of para-hydroxylation sites is 3. The van der Waals surface area contributed by atoms with Gasteiger partial charge in [-0.3, -0.25) is 0 Å². The highest BCUT2D eigenvalue weighted by atomic mass is 15.2. The molecule has 2 aromatic heterocycles. The summed E-state index contributed by atoms with van der Waals surface area (Å²) in [5.74, 6) is 0.744. The van der Waals surface area contributed by atoms with Crippen LogP contribution in [-0.2, 0) is 0 Å². The molecule has 0 aliphatic carbocycles. The van der Waals surface area contributed by atoms with Crippen molar-refractivity contribution in [2.75, 3.05) is 4.90 Å². The van der Waals surface area contributed by atoms with Crippen molar-refractivity contribution in [1.82, 2.24) is 14.5 Å². The number of aromatic nitrogens is 3. The monoisotopic (exact) mass is 536 g/mol. The van der Waals surface area contributed by atoms with Gasteiger partial charge in [-0.2, -0.15) is 0 Å². The molecular formula is C38H24N4. The van der Waals surface area contributed by atoms with Crippen molar-refractivity contribution >= 4 is 49.8 Å². The van der Waals surface area contributed by atoms with Crippen LogP contribution in [0.25, 0.3) is 61.0 Å². The molecule has 1 aliphatic heterocycles. The maximum Gasteiger partial charge on any atom is 0.160 e. The van der Waals surface area contributed by atoms with Gasteiger partial charge in [-0.25, -0.2) is 9.97 Å². The Morgan fingerprint density at radius 3 is 1.83 bits per heavy atom. The van der Waals surface area contributed by atoms with Gasteiger partial charge in [0, 0.05) is 33.3 Å². The Balaban J connectivity index is 1.23. The summed E-state index contributed by atoms with van der Waals surface area (Å²) in [4.78, 5) is 12.5. The topological polar surface area (TPSA) is 34.0 Å². The van der Waals surface area contributed by atoms with Gasteiger partial charge < -0.3 is 9.47 Å². The van der Waals surface area contributed by atoms with Crippen LogP contribution < -0.4 is 4.90 Å². The van der Waals surface area contributed by atoms with E-state index in [1.54, 1.807) is 0 Å². The Labute approximate surface area is 242 Å². The highest BCUT2D eigenvalue weighted by molar-refractivity contribution is 6.12. The second kappa shape index (κ2) is 8.88. The number of hydrogen-bond acceptors (Lipinski definition) is 3. The van der Waals surface area contributed by atoms with Gasteiger partial charge in [0.15, 0.2) is 5.82 Å². The zero-order valence-corrected chi connectivity index (χ0v) is 22.6. The molecule has 4 heteroatoms. The Morgan fingerprint density at radius 1 is 0.452 bits per heavy atom. The minimum absolute atomic E-state index is 0.744. The molecule has 0 N–H and O–H groups in total. The van der Waals surface area contributed by atoms with Crippen LogP contribution in [0.15, 0.2) is 146 Å². The van der Waals surface area contributed by atoms with E-state index in [4.69, 9.17) is 9.97 Å². The summed E-state index contributed by atoms with van der Waals surface area (Å²) < 4.78 is 2.35. The molecule has 3 heterocycles. The van der Waals surface area contributed by atoms with Crippen LogP contribution in [0.5, 0.6) is 0 Å². The molecule has 0 fully saturated rings. The molecule has 1 aliphatic rings. The molecule has 0 atom stereocenters. The molecule has 0 spiro atoms. The van der Waals surface area contributed by atoms with E-state index in [0.717, 1.165) is 56.3 Å². The number of anilines is 3. The molecule has 0 radical (unpaired) electrons. The third-order valence-electron chi connectivity index (χ3n) is 8.32. The van der Waals surface area contributed by atoms with E-state index in [0.29, 0.717) is 0 Å². The van der Waals surface area contributed by atoms with Crippen molar-refractivity contribution in [2.45, 2.75) is 0 Å². The van der Waals surface area contributed by atoms with E-state index < -0.39 is 0 Å². The van der Waals surface area contributed by atoms with Gasteiger partial charge >= 0.3 is 0 Å². The van der Waals surface area contributed by atoms with Crippen LogP contribution in [0, 0.1) is 0 Å². The smallest absolute Gasteiger partial charge is 0.160 e. The van der Waals surface area contributed by atoms with E-state index in [9.17, 15) is 0 Å². The molecule has 0 bridgehead atoms. The normalized spacial score (nSPS) is 12.2. The predicted octanol–water partition coefficient (Wildman–Crippen LogP) is 9.84. The van der Waals surface area contributed by atoms with Crippen molar-refractivity contribution in [3.63, 3.8) is 0 Å². The molecule has 8 aromatic rings. The van der Waals surface area contributed by atoms with Crippen molar-refractivity contribution in [3.05, 3.63) is 146 Å². The first-order valence-corrected chi connectivity index (χ1v) is 14.2. The summed E-state index contributed by atoms with van der Waals surface area (Å²) in [6.45, 7) is 0. The number of nitrogens with zero attached hydrogens (tertiary/aromatic N) is 4. The Morgan fingerprint density at radius 2 is 1.07 bits per heavy atom. The second-order valence-corrected chi connectivity index (χ2v) is 10.7. The zero-order chi connectivity index (χ0) is 27.6. The van der Waals surface area contributed by atoms with E-state index in [1.807, 2.05) is 18.2 Å². The molecule has 0 saturated carbocycles. The third-order valence-corrected chi connectivity index (χ3v) is 8.32. The first-order valence-electron chi connectivity index (χ1n) is 14.2. The van der Waals surface area contributed by atoms with Gasteiger partial charge in [0.05, 0.1) is 39.0 Å². The molecular weight excluding hydrogens is 512 g/mol. The lowest BCUT2D eigenvalue weighted by atomic mass is 9.96. The number of rotatable bonds is 3. The Kier molecular flexibility index (Phi) is 4.87. The van der Waals surface area contributed by atoms with Crippen LogP contribution in [0.2, 0.25) is 0 Å². The zero-order valence-electron chi connectivity index (χ0n) is 22.6. The summed E-state index contributed by atoms with van der Waals surface area (Å²) in [6, 6.07) is 51.3. The lowest BCUT2D eigenvalue weighted by Gasteiger charge is -2.33. The van der Waals surface area contributed by atoms with Crippen molar-refractivity contribution < 1.29 is 0 Å². The maximum absolute atomic E-state index is 5.14. The number of benzene rings is 6. The fraction of sp³-hybridized carbons (Fsp3) is 0. The van der Waals surface area contributed by atoms with Crippen LogP contribution >= 0.6 is 0 Å². The molecule has 0 saturated heterocycles. The highest BCUT2D eigenvalue weighted by Crippen LogP contribution is 2.50. The van der Waals surface area contributed by atoms with Crippen LogP contribution in [0.4, 0.5) is 17.1 Å². The van der Waals surface area contributed by atoms with E-state index in [-0.39, 0.29) is 0 Å². The number of hydrogen-bond donors (Lipinski definition) is 0. The first-order chi connectivity index (χ1) is 20.8. The summed E-state index contributed by atoms with van der Waals surface area (Å²) in [5.41, 5.74) is 10.9. The Hall–Kier alpha value is -5.74. The minimum Gasteiger partial charge on any atom is -0.309 e. The van der Waals surface area contributed by atoms with Crippen LogP contribution in [0.1, 0.15) is 0 Å². The van der Waals surface area contributed by atoms with Gasteiger partial charge in [-0.15, -0.1) is 0 Å². The van der Waals surface area contributed by atoms with Crippen LogP contribution in [-0.4, -0.2) is 14.5 Å². The fourth-order valence-electron chi connectivity index (χ4n) is 6.49. The summed E-state index contributed by atoms with van der Waals surface area (Å²) in [6.07, 6.45) is 0. The average Bonchev–Trinajstić information content (AvgIpc) is 3.40. The van der Waals surface area contributed by atoms with Crippen molar-refractivity contribution in [2.24, 2.45) is 0 Å². The molecule has 6 aromatic carbocycles. The van der Waals surface area contributed by atoms with Gasteiger partial charge in [0.1, 0.15) is 0 Å². The van der Waals surface area contributed by atoms with Gasteiger partial charge in [0.2, 0.25) is 0 Å². The minimum atomic E-state index is 0.744. The summed E-state index contributed by atoms with van der Waals surface area (Å²) >= 11 is 0. The van der Waals surface area contributed by atoms with Crippen LogP contribution in [0.3, 0.4) is 0 Å². The second-order valence-electron chi connectivity index (χ2n) is 10.7. The molecule has 9 rings (SSSR count). The third kappa shape index (κ3) is 3.29. The highest BCUT2D eigenvalue weighted by Gasteiger charge is 2.28. The summed E-state index contributed by atoms with van der Waals surface area (Å²) in [7, 11) is 0. The van der Waals surface area contributed by atoms with Gasteiger partial charge in [-0.1, -0.05) is 91.0 Å². The first kappa shape index (κ1) is 23.0. The standard InChI is InChI=1S/C38H24N4/c1-2-11-25(12-3-1)38-39-31-16-10-20-35-36(31)37(40-38)30-15-6-9-19-34(30)42(35)27-23-21-26(22-24-27)41-32-17-7-4-13-28(32)29-14-5-8-18-33(29)41/h1-24H. The SMILES string of the molecule is c1ccc(-c2nc3c4c(cccc4n2)N(c2ccc(-n4c5ccccc5c5ccccc54)cc2)c2ccccc2-3)cc1. The lowest BCUT2D eigenvalue weighted by Crippen LogP contribution is -2.16. The molecule has 0 unspecified atom stereocenters. The van der Waals surface area contributed by atoms with E-state index >= 15 is 0 Å². The molecule has 0 amide bonds. The van der Waals surface area contributed by atoms with Gasteiger partial charge in [0.25, 0.3) is 0 Å². The average molecular weight is 537 g/mol. The van der Waals surface area contributed by atoms with E-state index in [1.165, 1.54) is 21.8 Å². The predicted molar refractivity (Wildman–Crippen MR) is 173 cm³/mol. The van der Waals surface area contributed by atoms with E-state index in [2.05, 4.69) is 137 Å². The molecule has 196 valence electrons. The lowest BCUT2D eigenvalue weighted by molar-refractivity contribution is 1.17. The fourth-order valence-corrected chi connectivity index (χ4v) is 6.49. The van der Waals surface area contributed by atoms with Crippen molar-refractivity contribution in [3.8, 4) is 28.3 Å². The van der Waals surface area contributed by atoms with Gasteiger partial charge in [-0.05, 0) is 54.6 Å². The largest absolute Gasteiger partial charge is 0.309 e. The molecule has 4 nitrogen and oxygen atoms in total.